The van der Waals surface area contributed by atoms with Crippen molar-refractivity contribution in [1.29, 1.82) is 0 Å². The lowest BCUT2D eigenvalue weighted by Crippen LogP contribution is -2.22. The number of nitrogens with zero attached hydrogens (tertiary/aromatic N) is 2. The third-order valence-corrected chi connectivity index (χ3v) is 3.79. The number of aryl methyl sites for hydroxylation is 1. The second-order valence-electron chi connectivity index (χ2n) is 5.63. The molecular formula is C19H19N3O4. The van der Waals surface area contributed by atoms with Gasteiger partial charge in [-0.25, -0.2) is 0 Å². The topological polar surface area (TPSA) is 86.5 Å². The molecule has 0 bridgehead atoms. The molecule has 0 spiro atoms. The molecule has 0 aliphatic heterocycles. The first-order chi connectivity index (χ1) is 12.6. The minimum Gasteiger partial charge on any atom is -0.493 e. The molecule has 0 radical (unpaired) electrons. The standard InChI is InChI=1S/C19H19N3O4/c1-12-5-4-6-14(9-12)19(23)20-11-17-21-18(22-26-17)13-7-8-15(24-2)16(10-13)25-3/h4-10H,11H2,1-3H3,(H,20,23). The molecule has 1 amide bonds. The maximum Gasteiger partial charge on any atom is 0.251 e. The molecule has 1 aromatic heterocycles. The zero-order valence-electron chi connectivity index (χ0n) is 14.8. The lowest BCUT2D eigenvalue weighted by Gasteiger charge is -2.07. The van der Waals surface area contributed by atoms with E-state index in [-0.39, 0.29) is 12.5 Å². The molecular weight excluding hydrogens is 334 g/mol. The summed E-state index contributed by atoms with van der Waals surface area (Å²) >= 11 is 0. The highest BCUT2D eigenvalue weighted by atomic mass is 16.5. The van der Waals surface area contributed by atoms with Crippen LogP contribution in [0.5, 0.6) is 11.5 Å². The zero-order valence-corrected chi connectivity index (χ0v) is 14.8. The Morgan fingerprint density at radius 1 is 1.12 bits per heavy atom. The Morgan fingerprint density at radius 2 is 1.92 bits per heavy atom. The van der Waals surface area contributed by atoms with E-state index in [1.54, 1.807) is 38.5 Å². The lowest BCUT2D eigenvalue weighted by atomic mass is 10.1. The van der Waals surface area contributed by atoms with Gasteiger partial charge in [0.1, 0.15) is 0 Å². The lowest BCUT2D eigenvalue weighted by molar-refractivity contribution is 0.0946. The molecule has 1 heterocycles. The number of hydrogen-bond donors (Lipinski definition) is 1. The molecule has 0 saturated carbocycles. The predicted octanol–water partition coefficient (Wildman–Crippen LogP) is 2.99. The van der Waals surface area contributed by atoms with Crippen molar-refractivity contribution in [2.75, 3.05) is 14.2 Å². The number of methoxy groups -OCH3 is 2. The van der Waals surface area contributed by atoms with Crippen LogP contribution >= 0.6 is 0 Å². The van der Waals surface area contributed by atoms with Gasteiger partial charge in [0.15, 0.2) is 11.5 Å². The van der Waals surface area contributed by atoms with Crippen LogP contribution < -0.4 is 14.8 Å². The van der Waals surface area contributed by atoms with E-state index in [1.807, 2.05) is 25.1 Å². The van der Waals surface area contributed by atoms with E-state index in [0.717, 1.165) is 11.1 Å². The van der Waals surface area contributed by atoms with E-state index < -0.39 is 0 Å². The van der Waals surface area contributed by atoms with E-state index in [1.165, 1.54) is 0 Å². The second-order valence-corrected chi connectivity index (χ2v) is 5.63. The minimum absolute atomic E-state index is 0.146. The molecule has 7 heteroatoms. The highest BCUT2D eigenvalue weighted by molar-refractivity contribution is 5.94. The molecule has 0 aliphatic rings. The SMILES string of the molecule is COc1ccc(-c2noc(CNC(=O)c3cccc(C)c3)n2)cc1OC. The third-order valence-electron chi connectivity index (χ3n) is 3.79. The van der Waals surface area contributed by atoms with Gasteiger partial charge in [0.25, 0.3) is 5.91 Å². The Hall–Kier alpha value is -3.35. The van der Waals surface area contributed by atoms with Crippen molar-refractivity contribution >= 4 is 5.91 Å². The second kappa shape index (κ2) is 7.69. The van der Waals surface area contributed by atoms with Gasteiger partial charge in [-0.3, -0.25) is 4.79 Å². The van der Waals surface area contributed by atoms with E-state index in [2.05, 4.69) is 15.5 Å². The van der Waals surface area contributed by atoms with Crippen molar-refractivity contribution in [3.63, 3.8) is 0 Å². The summed E-state index contributed by atoms with van der Waals surface area (Å²) in [7, 11) is 3.13. The summed E-state index contributed by atoms with van der Waals surface area (Å²) in [6.07, 6.45) is 0. The van der Waals surface area contributed by atoms with Crippen LogP contribution in [0.4, 0.5) is 0 Å². The van der Waals surface area contributed by atoms with Crippen LogP contribution in [0.15, 0.2) is 47.0 Å². The fraction of sp³-hybridized carbons (Fsp3) is 0.211. The molecule has 0 atom stereocenters. The number of carbonyl (C=O) groups is 1. The predicted molar refractivity (Wildman–Crippen MR) is 95.2 cm³/mol. The molecule has 0 aliphatic carbocycles. The average molecular weight is 353 g/mol. The van der Waals surface area contributed by atoms with Crippen LogP contribution in [0.2, 0.25) is 0 Å². The molecule has 1 N–H and O–H groups in total. The summed E-state index contributed by atoms with van der Waals surface area (Å²) in [4.78, 5) is 16.5. The van der Waals surface area contributed by atoms with Gasteiger partial charge in [-0.05, 0) is 37.3 Å². The van der Waals surface area contributed by atoms with Gasteiger partial charge < -0.3 is 19.3 Å². The molecule has 26 heavy (non-hydrogen) atoms. The van der Waals surface area contributed by atoms with Gasteiger partial charge in [0.05, 0.1) is 20.8 Å². The number of hydrogen-bond acceptors (Lipinski definition) is 6. The van der Waals surface area contributed by atoms with E-state index in [9.17, 15) is 4.79 Å². The minimum atomic E-state index is -0.195. The first-order valence-electron chi connectivity index (χ1n) is 8.00. The fourth-order valence-electron chi connectivity index (χ4n) is 2.46. The number of ether oxygens (including phenoxy) is 2. The fourth-order valence-corrected chi connectivity index (χ4v) is 2.46. The molecule has 3 rings (SSSR count). The third kappa shape index (κ3) is 3.83. The zero-order chi connectivity index (χ0) is 18.5. The average Bonchev–Trinajstić information content (AvgIpc) is 3.14. The van der Waals surface area contributed by atoms with Gasteiger partial charge in [-0.15, -0.1) is 0 Å². The molecule has 3 aromatic rings. The van der Waals surface area contributed by atoms with Crippen molar-refractivity contribution in [3.05, 3.63) is 59.5 Å². The van der Waals surface area contributed by atoms with Gasteiger partial charge in [0, 0.05) is 11.1 Å². The number of rotatable bonds is 6. The largest absolute Gasteiger partial charge is 0.493 e. The summed E-state index contributed by atoms with van der Waals surface area (Å²) in [6.45, 7) is 2.08. The Labute approximate surface area is 150 Å². The number of aromatic nitrogens is 2. The quantitative estimate of drug-likeness (QED) is 0.733. The Morgan fingerprint density at radius 3 is 2.65 bits per heavy atom. The Balaban J connectivity index is 1.69. The summed E-state index contributed by atoms with van der Waals surface area (Å²) in [6, 6.07) is 12.7. The van der Waals surface area contributed by atoms with Gasteiger partial charge in [-0.2, -0.15) is 4.98 Å². The molecule has 0 saturated heterocycles. The van der Waals surface area contributed by atoms with Crippen molar-refractivity contribution < 1.29 is 18.8 Å². The summed E-state index contributed by atoms with van der Waals surface area (Å²) in [5, 5.41) is 6.72. The van der Waals surface area contributed by atoms with Crippen LogP contribution in [0, 0.1) is 6.92 Å². The summed E-state index contributed by atoms with van der Waals surface area (Å²) in [5.41, 5.74) is 2.33. The molecule has 134 valence electrons. The van der Waals surface area contributed by atoms with Crippen molar-refractivity contribution in [2.45, 2.75) is 13.5 Å². The number of benzene rings is 2. The first kappa shape index (κ1) is 17.5. The van der Waals surface area contributed by atoms with E-state index in [4.69, 9.17) is 14.0 Å². The van der Waals surface area contributed by atoms with Crippen molar-refractivity contribution in [3.8, 4) is 22.9 Å². The van der Waals surface area contributed by atoms with E-state index >= 15 is 0 Å². The van der Waals surface area contributed by atoms with Crippen molar-refractivity contribution in [2.24, 2.45) is 0 Å². The molecule has 0 fully saturated rings. The normalized spacial score (nSPS) is 10.4. The summed E-state index contributed by atoms with van der Waals surface area (Å²) in [5.74, 6) is 1.72. The number of nitrogens with one attached hydrogen (secondary N) is 1. The summed E-state index contributed by atoms with van der Waals surface area (Å²) < 4.78 is 15.7. The van der Waals surface area contributed by atoms with Crippen molar-refractivity contribution in [1.82, 2.24) is 15.5 Å². The van der Waals surface area contributed by atoms with Gasteiger partial charge in [0.2, 0.25) is 11.7 Å². The number of amides is 1. The van der Waals surface area contributed by atoms with Crippen LogP contribution in [-0.2, 0) is 6.54 Å². The van der Waals surface area contributed by atoms with Gasteiger partial charge in [-0.1, -0.05) is 22.9 Å². The van der Waals surface area contributed by atoms with E-state index in [0.29, 0.717) is 28.8 Å². The molecule has 2 aromatic carbocycles. The van der Waals surface area contributed by atoms with Gasteiger partial charge >= 0.3 is 0 Å². The maximum absolute atomic E-state index is 12.2. The Kier molecular flexibility index (Phi) is 5.17. The van der Waals surface area contributed by atoms with Crippen LogP contribution in [0.1, 0.15) is 21.8 Å². The monoisotopic (exact) mass is 353 g/mol. The molecule has 0 unspecified atom stereocenters. The Bertz CT molecular complexity index is 921. The maximum atomic E-state index is 12.2. The highest BCUT2D eigenvalue weighted by Gasteiger charge is 2.13. The van der Waals surface area contributed by atoms with Crippen LogP contribution in [0.3, 0.4) is 0 Å². The smallest absolute Gasteiger partial charge is 0.251 e. The number of carbonyl (C=O) groups excluding carboxylic acids is 1. The highest BCUT2D eigenvalue weighted by Crippen LogP contribution is 2.31. The van der Waals surface area contributed by atoms with Crippen LogP contribution in [0.25, 0.3) is 11.4 Å². The van der Waals surface area contributed by atoms with Crippen LogP contribution in [-0.4, -0.2) is 30.3 Å². The molecule has 7 nitrogen and oxygen atoms in total. The first-order valence-corrected chi connectivity index (χ1v) is 8.00.